The van der Waals surface area contributed by atoms with Gasteiger partial charge in [-0.1, -0.05) is 79.5 Å². The van der Waals surface area contributed by atoms with Gasteiger partial charge in [0.25, 0.3) is 0 Å². The number of aryl methyl sites for hydroxylation is 1. The van der Waals surface area contributed by atoms with Crippen LogP contribution in [0.4, 0.5) is 5.69 Å². The van der Waals surface area contributed by atoms with Gasteiger partial charge in [-0.2, -0.15) is 0 Å². The normalized spacial score (nSPS) is 12.2. The predicted octanol–water partition coefficient (Wildman–Crippen LogP) is 5.48. The molecule has 1 unspecified atom stereocenters. The third-order valence-electron chi connectivity index (χ3n) is 6.33. The number of hydrogen-bond acceptors (Lipinski definition) is 4. The molecule has 0 bridgehead atoms. The molecule has 1 N–H and O–H groups in total. The summed E-state index contributed by atoms with van der Waals surface area (Å²) < 4.78 is 26.9. The van der Waals surface area contributed by atoms with Crippen molar-refractivity contribution in [2.24, 2.45) is 5.92 Å². The molecule has 2 amide bonds. The van der Waals surface area contributed by atoms with Crippen molar-refractivity contribution < 1.29 is 18.0 Å². The highest BCUT2D eigenvalue weighted by Crippen LogP contribution is 2.26. The van der Waals surface area contributed by atoms with E-state index in [2.05, 4.69) is 5.32 Å². The van der Waals surface area contributed by atoms with Gasteiger partial charge in [-0.05, 0) is 59.9 Å². The summed E-state index contributed by atoms with van der Waals surface area (Å²) in [5.41, 5.74) is 2.57. The van der Waals surface area contributed by atoms with E-state index in [0.29, 0.717) is 27.8 Å². The zero-order valence-electron chi connectivity index (χ0n) is 23.1. The van der Waals surface area contributed by atoms with Gasteiger partial charge in [0.1, 0.15) is 12.6 Å². The number of sulfonamides is 1. The fraction of sp³-hybridized carbons (Fsp3) is 0.333. The molecule has 0 aliphatic carbocycles. The molecule has 10 heteroatoms. The van der Waals surface area contributed by atoms with Gasteiger partial charge in [0, 0.05) is 29.6 Å². The van der Waals surface area contributed by atoms with Crippen molar-refractivity contribution in [3.63, 3.8) is 0 Å². The minimum absolute atomic E-state index is 0.0831. The lowest BCUT2D eigenvalue weighted by molar-refractivity contribution is -0.140. The summed E-state index contributed by atoms with van der Waals surface area (Å²) in [6, 6.07) is 20.3. The van der Waals surface area contributed by atoms with Gasteiger partial charge in [0.15, 0.2) is 0 Å². The predicted molar refractivity (Wildman–Crippen MR) is 162 cm³/mol. The number of rotatable bonds is 12. The number of benzene rings is 3. The zero-order chi connectivity index (χ0) is 29.4. The smallest absolute Gasteiger partial charge is 0.244 e. The molecule has 7 nitrogen and oxygen atoms in total. The van der Waals surface area contributed by atoms with E-state index in [1.807, 2.05) is 44.2 Å². The van der Waals surface area contributed by atoms with Gasteiger partial charge in [-0.15, -0.1) is 0 Å². The van der Waals surface area contributed by atoms with E-state index < -0.39 is 28.5 Å². The first-order valence-corrected chi connectivity index (χ1v) is 15.5. The van der Waals surface area contributed by atoms with E-state index in [-0.39, 0.29) is 24.8 Å². The number of carbonyl (C=O) groups is 2. The molecule has 0 aliphatic rings. The maximum absolute atomic E-state index is 14.1. The minimum atomic E-state index is -3.86. The van der Waals surface area contributed by atoms with E-state index in [4.69, 9.17) is 23.2 Å². The van der Waals surface area contributed by atoms with E-state index in [1.54, 1.807) is 49.4 Å². The number of anilines is 1. The van der Waals surface area contributed by atoms with Crippen LogP contribution in [0.2, 0.25) is 10.0 Å². The van der Waals surface area contributed by atoms with Crippen molar-refractivity contribution in [3.8, 4) is 0 Å². The van der Waals surface area contributed by atoms with Crippen LogP contribution >= 0.6 is 23.2 Å². The molecular weight excluding hydrogens is 569 g/mol. The Morgan fingerprint density at radius 2 is 1.52 bits per heavy atom. The molecule has 0 saturated carbocycles. The highest BCUT2D eigenvalue weighted by Gasteiger charge is 2.33. The van der Waals surface area contributed by atoms with Gasteiger partial charge in [-0.3, -0.25) is 13.9 Å². The number of hydrogen-bond donors (Lipinski definition) is 1. The van der Waals surface area contributed by atoms with E-state index in [0.717, 1.165) is 21.7 Å². The summed E-state index contributed by atoms with van der Waals surface area (Å²) >= 11 is 12.2. The Kier molecular flexibility index (Phi) is 11.0. The SMILES string of the molecule is Cc1cc(Cl)ccc1N(CC(=O)N(Cc1ccc(Cl)cc1)C(Cc1ccccc1)C(=O)NCC(C)C)S(C)(=O)=O. The Hall–Kier alpha value is -3.07. The lowest BCUT2D eigenvalue weighted by Crippen LogP contribution is -2.53. The molecule has 0 fully saturated rings. The summed E-state index contributed by atoms with van der Waals surface area (Å²) in [4.78, 5) is 29.2. The van der Waals surface area contributed by atoms with E-state index in [1.165, 1.54) is 4.90 Å². The molecule has 3 rings (SSSR count). The molecule has 0 aliphatic heterocycles. The van der Waals surface area contributed by atoms with Gasteiger partial charge < -0.3 is 10.2 Å². The second kappa shape index (κ2) is 14.0. The van der Waals surface area contributed by atoms with Crippen LogP contribution in [0.15, 0.2) is 72.8 Å². The number of halogens is 2. The molecule has 40 heavy (non-hydrogen) atoms. The number of nitrogens with zero attached hydrogens (tertiary/aromatic N) is 2. The number of amides is 2. The molecule has 1 atom stereocenters. The molecule has 0 radical (unpaired) electrons. The largest absolute Gasteiger partial charge is 0.354 e. The summed E-state index contributed by atoms with van der Waals surface area (Å²) in [7, 11) is -3.86. The van der Waals surface area contributed by atoms with Crippen LogP contribution in [-0.4, -0.2) is 50.5 Å². The van der Waals surface area contributed by atoms with Crippen LogP contribution in [0.5, 0.6) is 0 Å². The first-order valence-electron chi connectivity index (χ1n) is 12.9. The quantitative estimate of drug-likeness (QED) is 0.297. The molecule has 214 valence electrons. The third kappa shape index (κ3) is 8.98. The zero-order valence-corrected chi connectivity index (χ0v) is 25.4. The highest BCUT2D eigenvalue weighted by atomic mass is 35.5. The Morgan fingerprint density at radius 3 is 2.10 bits per heavy atom. The van der Waals surface area contributed by atoms with Gasteiger partial charge in [0.05, 0.1) is 11.9 Å². The van der Waals surface area contributed by atoms with Crippen LogP contribution in [0, 0.1) is 12.8 Å². The van der Waals surface area contributed by atoms with Crippen molar-refractivity contribution in [2.75, 3.05) is 23.7 Å². The fourth-order valence-corrected chi connectivity index (χ4v) is 5.52. The topological polar surface area (TPSA) is 86.8 Å². The van der Waals surface area contributed by atoms with Gasteiger partial charge >= 0.3 is 0 Å². The minimum Gasteiger partial charge on any atom is -0.354 e. The van der Waals surface area contributed by atoms with Crippen molar-refractivity contribution in [1.29, 1.82) is 0 Å². The van der Waals surface area contributed by atoms with Crippen LogP contribution in [0.1, 0.15) is 30.5 Å². The molecular formula is C30H35Cl2N3O4S. The first kappa shape index (κ1) is 31.5. The average Bonchev–Trinajstić information content (AvgIpc) is 2.89. The van der Waals surface area contributed by atoms with Crippen LogP contribution in [-0.2, 0) is 32.6 Å². The summed E-state index contributed by atoms with van der Waals surface area (Å²) in [6.07, 6.45) is 1.30. The highest BCUT2D eigenvalue weighted by molar-refractivity contribution is 7.92. The van der Waals surface area contributed by atoms with E-state index in [9.17, 15) is 18.0 Å². The number of nitrogens with one attached hydrogen (secondary N) is 1. The maximum atomic E-state index is 14.1. The van der Waals surface area contributed by atoms with Crippen LogP contribution < -0.4 is 9.62 Å². The summed E-state index contributed by atoms with van der Waals surface area (Å²) in [5.74, 6) is -0.626. The van der Waals surface area contributed by atoms with Crippen molar-refractivity contribution in [2.45, 2.75) is 39.8 Å². The third-order valence-corrected chi connectivity index (χ3v) is 7.94. The molecule has 3 aromatic rings. The Bertz CT molecular complexity index is 1410. The lowest BCUT2D eigenvalue weighted by Gasteiger charge is -2.34. The molecule has 0 heterocycles. The van der Waals surface area contributed by atoms with Gasteiger partial charge in [0.2, 0.25) is 21.8 Å². The Balaban J connectivity index is 2.06. The van der Waals surface area contributed by atoms with E-state index >= 15 is 0 Å². The molecule has 0 saturated heterocycles. The monoisotopic (exact) mass is 603 g/mol. The molecule has 0 aromatic heterocycles. The first-order chi connectivity index (χ1) is 18.8. The summed E-state index contributed by atoms with van der Waals surface area (Å²) in [5, 5.41) is 3.96. The van der Waals surface area contributed by atoms with Crippen molar-refractivity contribution in [1.82, 2.24) is 10.2 Å². The number of carbonyl (C=O) groups excluding carboxylic acids is 2. The standard InChI is InChI=1S/C30H35Cl2N3O4S/c1-21(2)18-33-30(37)28(17-23-8-6-5-7-9-23)34(19-24-10-12-25(31)13-11-24)29(36)20-35(40(4,38)39)27-15-14-26(32)16-22(27)3/h5-16,21,28H,17-20H2,1-4H3,(H,33,37). The van der Waals surface area contributed by atoms with Crippen molar-refractivity contribution in [3.05, 3.63) is 99.5 Å². The Labute approximate surface area is 247 Å². The lowest BCUT2D eigenvalue weighted by atomic mass is 10.0. The van der Waals surface area contributed by atoms with Crippen LogP contribution in [0.3, 0.4) is 0 Å². The Morgan fingerprint density at radius 1 is 0.900 bits per heavy atom. The second-order valence-corrected chi connectivity index (χ2v) is 13.0. The van der Waals surface area contributed by atoms with Crippen LogP contribution in [0.25, 0.3) is 0 Å². The summed E-state index contributed by atoms with van der Waals surface area (Å²) in [6.45, 7) is 5.74. The van der Waals surface area contributed by atoms with Crippen molar-refractivity contribution >= 4 is 50.7 Å². The average molecular weight is 605 g/mol. The fourth-order valence-electron chi connectivity index (χ4n) is 4.26. The van der Waals surface area contributed by atoms with Gasteiger partial charge in [-0.25, -0.2) is 8.42 Å². The molecule has 3 aromatic carbocycles. The maximum Gasteiger partial charge on any atom is 0.244 e. The molecule has 0 spiro atoms. The second-order valence-electron chi connectivity index (χ2n) is 10.2.